The molecule has 0 N–H and O–H groups in total. The lowest BCUT2D eigenvalue weighted by Crippen LogP contribution is -2.31. The largest absolute Gasteiger partial charge is 0.269 e. The number of aromatic nitrogens is 1. The summed E-state index contributed by atoms with van der Waals surface area (Å²) in [5.41, 5.74) is 1.49. The van der Waals surface area contributed by atoms with E-state index >= 15 is 0 Å². The van der Waals surface area contributed by atoms with Crippen LogP contribution in [-0.4, -0.2) is 26.9 Å². The lowest BCUT2D eigenvalue weighted by Gasteiger charge is -2.15. The molecule has 2 heterocycles. The van der Waals surface area contributed by atoms with Crippen molar-refractivity contribution in [2.45, 2.75) is 25.6 Å². The molecular formula is C19H16Cl2N2O2S. The summed E-state index contributed by atoms with van der Waals surface area (Å²) >= 11 is 13.6. The van der Waals surface area contributed by atoms with Crippen LogP contribution in [0.15, 0.2) is 47.5 Å². The first-order valence-corrected chi connectivity index (χ1v) is 9.64. The third-order valence-corrected chi connectivity index (χ3v) is 5.36. The first-order valence-electron chi connectivity index (χ1n) is 8.01. The molecule has 1 aromatic carbocycles. The zero-order chi connectivity index (χ0) is 18.8. The summed E-state index contributed by atoms with van der Waals surface area (Å²) < 4.78 is 0. The normalized spacial score (nSPS) is 14.7. The molecule has 3 rings (SSSR count). The van der Waals surface area contributed by atoms with E-state index in [9.17, 15) is 9.59 Å². The summed E-state index contributed by atoms with van der Waals surface area (Å²) in [6.07, 6.45) is 1.63. The summed E-state index contributed by atoms with van der Waals surface area (Å²) in [5, 5.41) is 0.951. The number of pyridine rings is 1. The number of benzene rings is 1. The van der Waals surface area contributed by atoms with Crippen LogP contribution in [0, 0.1) is 0 Å². The van der Waals surface area contributed by atoms with Gasteiger partial charge in [0.25, 0.3) is 11.8 Å². The number of imide groups is 1. The number of hydrogen-bond donors (Lipinski definition) is 0. The van der Waals surface area contributed by atoms with Crippen molar-refractivity contribution < 1.29 is 9.59 Å². The Morgan fingerprint density at radius 2 is 1.88 bits per heavy atom. The average Bonchev–Trinajstić information content (AvgIpc) is 2.80. The van der Waals surface area contributed by atoms with Gasteiger partial charge in [0.2, 0.25) is 0 Å². The van der Waals surface area contributed by atoms with Crippen LogP contribution in [0.4, 0.5) is 0 Å². The van der Waals surface area contributed by atoms with Gasteiger partial charge in [0.1, 0.15) is 0 Å². The van der Waals surface area contributed by atoms with Gasteiger partial charge in [-0.1, -0.05) is 49.2 Å². The highest BCUT2D eigenvalue weighted by atomic mass is 35.5. The zero-order valence-electron chi connectivity index (χ0n) is 14.2. The van der Waals surface area contributed by atoms with Crippen LogP contribution in [0.1, 0.15) is 25.1 Å². The van der Waals surface area contributed by atoms with Crippen molar-refractivity contribution >= 4 is 52.4 Å². The van der Waals surface area contributed by atoms with Crippen molar-refractivity contribution in [2.75, 3.05) is 0 Å². The van der Waals surface area contributed by atoms with Crippen molar-refractivity contribution in [3.05, 3.63) is 68.8 Å². The van der Waals surface area contributed by atoms with Gasteiger partial charge in [0, 0.05) is 22.0 Å². The number of carbonyl (C=O) groups excluding carboxylic acids is 2. The smallest absolute Gasteiger partial charge is 0.268 e. The van der Waals surface area contributed by atoms with Crippen LogP contribution in [-0.2, 0) is 16.1 Å². The highest BCUT2D eigenvalue weighted by Crippen LogP contribution is 2.40. The molecule has 0 spiro atoms. The molecule has 0 saturated carbocycles. The Bertz CT molecular complexity index is 898. The molecule has 0 aliphatic carbocycles. The highest BCUT2D eigenvalue weighted by Gasteiger charge is 2.40. The van der Waals surface area contributed by atoms with Crippen molar-refractivity contribution in [1.82, 2.24) is 9.88 Å². The van der Waals surface area contributed by atoms with Gasteiger partial charge >= 0.3 is 0 Å². The molecule has 0 radical (unpaired) electrons. The quantitative estimate of drug-likeness (QED) is 0.668. The molecule has 26 heavy (non-hydrogen) atoms. The third kappa shape index (κ3) is 3.80. The number of carbonyl (C=O) groups is 2. The molecule has 1 aliphatic heterocycles. The Hall–Kier alpha value is -1.82. The molecule has 0 unspecified atom stereocenters. The summed E-state index contributed by atoms with van der Waals surface area (Å²) in [5.74, 6) is -0.687. The number of hydrogen-bond acceptors (Lipinski definition) is 4. The van der Waals surface area contributed by atoms with Gasteiger partial charge in [0.15, 0.2) is 0 Å². The summed E-state index contributed by atoms with van der Waals surface area (Å²) in [7, 11) is 0. The fourth-order valence-corrected chi connectivity index (χ4v) is 4.13. The van der Waals surface area contributed by atoms with E-state index in [1.165, 1.54) is 16.7 Å². The Morgan fingerprint density at radius 1 is 1.12 bits per heavy atom. The number of halogens is 2. The molecule has 2 amide bonds. The van der Waals surface area contributed by atoms with E-state index in [0.717, 1.165) is 0 Å². The molecule has 0 fully saturated rings. The second-order valence-corrected chi connectivity index (χ2v) is 8.44. The van der Waals surface area contributed by atoms with E-state index in [1.54, 1.807) is 36.5 Å². The minimum absolute atomic E-state index is 0.120. The van der Waals surface area contributed by atoms with E-state index in [0.29, 0.717) is 31.8 Å². The molecule has 0 saturated heterocycles. The number of amides is 2. The summed E-state index contributed by atoms with van der Waals surface area (Å²) in [4.78, 5) is 31.8. The van der Waals surface area contributed by atoms with Crippen molar-refractivity contribution in [2.24, 2.45) is 0 Å². The van der Waals surface area contributed by atoms with Crippen LogP contribution < -0.4 is 0 Å². The zero-order valence-corrected chi connectivity index (χ0v) is 16.5. The van der Waals surface area contributed by atoms with Gasteiger partial charge < -0.3 is 0 Å². The molecule has 134 valence electrons. The number of nitrogens with zero attached hydrogens (tertiary/aromatic N) is 2. The van der Waals surface area contributed by atoms with Crippen molar-refractivity contribution in [3.8, 4) is 0 Å². The van der Waals surface area contributed by atoms with Gasteiger partial charge in [0.05, 0.1) is 27.7 Å². The molecule has 1 aliphatic rings. The number of rotatable bonds is 5. The molecule has 7 heteroatoms. The topological polar surface area (TPSA) is 50.3 Å². The number of thioether (sulfide) groups is 1. The first-order chi connectivity index (χ1) is 12.4. The van der Waals surface area contributed by atoms with Gasteiger partial charge in [-0.2, -0.15) is 0 Å². The monoisotopic (exact) mass is 406 g/mol. The molecule has 4 nitrogen and oxygen atoms in total. The lowest BCUT2D eigenvalue weighted by molar-refractivity contribution is -0.137. The maximum absolute atomic E-state index is 13.1. The fraction of sp³-hybridized carbons (Fsp3) is 0.211. The Labute approximate surface area is 166 Å². The van der Waals surface area contributed by atoms with Gasteiger partial charge in [-0.15, -0.1) is 11.8 Å². The highest BCUT2D eigenvalue weighted by molar-refractivity contribution is 8.04. The lowest BCUT2D eigenvalue weighted by atomic mass is 10.1. The van der Waals surface area contributed by atoms with E-state index in [4.69, 9.17) is 23.2 Å². The van der Waals surface area contributed by atoms with Gasteiger partial charge in [-0.25, -0.2) is 0 Å². The Balaban J connectivity index is 2.04. The van der Waals surface area contributed by atoms with Crippen molar-refractivity contribution in [1.29, 1.82) is 0 Å². The Morgan fingerprint density at radius 3 is 2.50 bits per heavy atom. The van der Waals surface area contributed by atoms with E-state index < -0.39 is 0 Å². The minimum atomic E-state index is -0.368. The van der Waals surface area contributed by atoms with Gasteiger partial charge in [-0.05, 0) is 24.3 Å². The summed E-state index contributed by atoms with van der Waals surface area (Å²) in [6, 6.07) is 10.3. The van der Waals surface area contributed by atoms with Crippen molar-refractivity contribution in [3.63, 3.8) is 0 Å². The maximum atomic E-state index is 13.1. The fourth-order valence-electron chi connectivity index (χ4n) is 2.63. The predicted molar refractivity (Wildman–Crippen MR) is 106 cm³/mol. The van der Waals surface area contributed by atoms with Crippen LogP contribution in [0.5, 0.6) is 0 Å². The first kappa shape index (κ1) is 19.0. The SMILES string of the molecule is CC(C)SC1=C(c2ccc(Cl)cc2Cl)C(=O)N(Cc2ccccn2)C1=O. The van der Waals surface area contributed by atoms with Gasteiger partial charge in [-0.3, -0.25) is 19.5 Å². The van der Waals surface area contributed by atoms with E-state index in [1.807, 2.05) is 19.9 Å². The summed E-state index contributed by atoms with van der Waals surface area (Å²) in [6.45, 7) is 4.06. The molecule has 2 aromatic rings. The molecule has 1 aromatic heterocycles. The van der Waals surface area contributed by atoms with Crippen LogP contribution in [0.3, 0.4) is 0 Å². The average molecular weight is 407 g/mol. The maximum Gasteiger partial charge on any atom is 0.268 e. The second kappa shape index (κ2) is 7.82. The molecule has 0 bridgehead atoms. The van der Waals surface area contributed by atoms with E-state index in [-0.39, 0.29) is 23.6 Å². The standard InChI is InChI=1S/C19H16Cl2N2O2S/c1-11(2)26-17-16(14-7-6-12(20)9-15(14)21)18(24)23(19(17)25)10-13-5-3-4-8-22-13/h3-9,11H,10H2,1-2H3. The third-order valence-electron chi connectivity index (χ3n) is 3.73. The van der Waals surface area contributed by atoms with E-state index in [2.05, 4.69) is 4.98 Å². The second-order valence-electron chi connectivity index (χ2n) is 6.01. The van der Waals surface area contributed by atoms with Crippen LogP contribution >= 0.6 is 35.0 Å². The van der Waals surface area contributed by atoms with Crippen LogP contribution in [0.25, 0.3) is 5.57 Å². The van der Waals surface area contributed by atoms with Crippen LogP contribution in [0.2, 0.25) is 10.0 Å². The molecule has 0 atom stereocenters. The Kier molecular flexibility index (Phi) is 5.70. The predicted octanol–water partition coefficient (Wildman–Crippen LogP) is 4.81. The minimum Gasteiger partial charge on any atom is -0.269 e. The molecular weight excluding hydrogens is 391 g/mol.